The highest BCUT2D eigenvalue weighted by Crippen LogP contribution is 2.23. The molecule has 2 aromatic heterocycles. The summed E-state index contributed by atoms with van der Waals surface area (Å²) in [6.07, 6.45) is 0. The van der Waals surface area contributed by atoms with Crippen LogP contribution in [0.15, 0.2) is 39.1 Å². The molecule has 0 aliphatic heterocycles. The first-order chi connectivity index (χ1) is 11.4. The van der Waals surface area contributed by atoms with E-state index >= 15 is 0 Å². The van der Waals surface area contributed by atoms with Crippen LogP contribution >= 0.6 is 35.3 Å². The highest BCUT2D eigenvalue weighted by Gasteiger charge is 2.26. The molecule has 0 radical (unpaired) electrons. The minimum absolute atomic E-state index is 0. The standard InChI is InChI=1S/C18H27N3O2S.HI/c1-5-19-17(20-11-13(2)15-7-6-10-24-15)21-12-18(4,22)16-9-8-14(3)23-16;/h6-10,13,22H,5,11-12H2,1-4H3,(H2,19,20,21);1H. The first-order valence-electron chi connectivity index (χ1n) is 8.27. The number of guanidine groups is 1. The largest absolute Gasteiger partial charge is 0.463 e. The van der Waals surface area contributed by atoms with Crippen LogP contribution in [-0.4, -0.2) is 30.7 Å². The van der Waals surface area contributed by atoms with E-state index in [4.69, 9.17) is 4.42 Å². The highest BCUT2D eigenvalue weighted by molar-refractivity contribution is 14.0. The Morgan fingerprint density at radius 2 is 2.12 bits per heavy atom. The van der Waals surface area contributed by atoms with Gasteiger partial charge in [-0.15, -0.1) is 35.3 Å². The van der Waals surface area contributed by atoms with E-state index in [2.05, 4.69) is 40.1 Å². The molecule has 140 valence electrons. The van der Waals surface area contributed by atoms with E-state index in [0.717, 1.165) is 18.8 Å². The van der Waals surface area contributed by atoms with Crippen molar-refractivity contribution < 1.29 is 9.52 Å². The van der Waals surface area contributed by atoms with Crippen LogP contribution < -0.4 is 10.6 Å². The summed E-state index contributed by atoms with van der Waals surface area (Å²) in [5, 5.41) is 19.2. The van der Waals surface area contributed by atoms with Crippen molar-refractivity contribution in [2.24, 2.45) is 4.99 Å². The maximum atomic E-state index is 10.6. The predicted octanol–water partition coefficient (Wildman–Crippen LogP) is 3.83. The minimum Gasteiger partial charge on any atom is -0.463 e. The second-order valence-electron chi connectivity index (χ2n) is 6.18. The smallest absolute Gasteiger partial charge is 0.191 e. The van der Waals surface area contributed by atoms with Gasteiger partial charge in [0.2, 0.25) is 0 Å². The number of aliphatic imine (C=N–C) groups is 1. The number of halogens is 1. The minimum atomic E-state index is -1.13. The fourth-order valence-corrected chi connectivity index (χ4v) is 3.09. The zero-order valence-corrected chi connectivity index (χ0v) is 18.4. The molecule has 0 saturated heterocycles. The first kappa shape index (κ1) is 22.0. The summed E-state index contributed by atoms with van der Waals surface area (Å²) in [6, 6.07) is 7.85. The SMILES string of the molecule is CCNC(=NCC(C)(O)c1ccc(C)o1)NCC(C)c1cccs1.I. The molecule has 0 spiro atoms. The molecule has 0 aliphatic rings. The first-order valence-corrected chi connectivity index (χ1v) is 9.15. The number of hydrogen-bond donors (Lipinski definition) is 3. The van der Waals surface area contributed by atoms with Crippen LogP contribution in [0.2, 0.25) is 0 Å². The Bertz CT molecular complexity index is 653. The van der Waals surface area contributed by atoms with Gasteiger partial charge < -0.3 is 20.2 Å². The third-order valence-electron chi connectivity index (χ3n) is 3.77. The number of furan rings is 1. The molecule has 0 fully saturated rings. The van der Waals surface area contributed by atoms with E-state index in [1.165, 1.54) is 4.88 Å². The number of nitrogens with one attached hydrogen (secondary N) is 2. The number of rotatable bonds is 7. The van der Waals surface area contributed by atoms with Crippen LogP contribution in [0.4, 0.5) is 0 Å². The van der Waals surface area contributed by atoms with E-state index in [0.29, 0.717) is 17.6 Å². The van der Waals surface area contributed by atoms with Gasteiger partial charge in [-0.25, -0.2) is 4.99 Å². The molecule has 25 heavy (non-hydrogen) atoms. The molecular weight excluding hydrogens is 449 g/mol. The topological polar surface area (TPSA) is 69.8 Å². The Hall–Kier alpha value is -1.06. The Kier molecular flexibility index (Phi) is 8.95. The van der Waals surface area contributed by atoms with Gasteiger partial charge in [0.15, 0.2) is 5.96 Å². The van der Waals surface area contributed by atoms with Crippen LogP contribution in [0.5, 0.6) is 0 Å². The molecule has 2 unspecified atom stereocenters. The molecule has 2 atom stereocenters. The Balaban J connectivity index is 0.00000312. The summed E-state index contributed by atoms with van der Waals surface area (Å²) in [5.41, 5.74) is -1.13. The highest BCUT2D eigenvalue weighted by atomic mass is 127. The van der Waals surface area contributed by atoms with E-state index in [9.17, 15) is 5.11 Å². The van der Waals surface area contributed by atoms with Gasteiger partial charge in [-0.1, -0.05) is 13.0 Å². The molecule has 0 bridgehead atoms. The van der Waals surface area contributed by atoms with Gasteiger partial charge in [0, 0.05) is 23.9 Å². The summed E-state index contributed by atoms with van der Waals surface area (Å²) in [6.45, 7) is 9.56. The lowest BCUT2D eigenvalue weighted by molar-refractivity contribution is 0.0428. The number of aliphatic hydroxyl groups is 1. The van der Waals surface area contributed by atoms with Crippen LogP contribution in [0.3, 0.4) is 0 Å². The van der Waals surface area contributed by atoms with Crippen LogP contribution in [0, 0.1) is 6.92 Å². The van der Waals surface area contributed by atoms with E-state index in [-0.39, 0.29) is 30.5 Å². The molecule has 5 nitrogen and oxygen atoms in total. The summed E-state index contributed by atoms with van der Waals surface area (Å²) >= 11 is 1.76. The molecule has 0 amide bonds. The van der Waals surface area contributed by atoms with Gasteiger partial charge in [-0.05, 0) is 44.4 Å². The number of thiophene rings is 1. The molecule has 2 aromatic rings. The zero-order chi connectivity index (χ0) is 17.6. The summed E-state index contributed by atoms with van der Waals surface area (Å²) in [4.78, 5) is 5.86. The van der Waals surface area contributed by atoms with Crippen molar-refractivity contribution in [2.45, 2.75) is 39.2 Å². The lowest BCUT2D eigenvalue weighted by Crippen LogP contribution is -2.40. The van der Waals surface area contributed by atoms with Gasteiger partial charge in [0.1, 0.15) is 17.1 Å². The molecule has 0 aliphatic carbocycles. The Morgan fingerprint density at radius 1 is 1.36 bits per heavy atom. The Morgan fingerprint density at radius 3 is 2.68 bits per heavy atom. The van der Waals surface area contributed by atoms with Crippen molar-refractivity contribution >= 4 is 41.3 Å². The summed E-state index contributed by atoms with van der Waals surface area (Å²) in [5.74, 6) is 2.42. The van der Waals surface area contributed by atoms with Gasteiger partial charge >= 0.3 is 0 Å². The van der Waals surface area contributed by atoms with Crippen LogP contribution in [-0.2, 0) is 5.60 Å². The fourth-order valence-electron chi connectivity index (χ4n) is 2.30. The Labute approximate surface area is 171 Å². The van der Waals surface area contributed by atoms with Crippen molar-refractivity contribution in [1.82, 2.24) is 10.6 Å². The predicted molar refractivity (Wildman–Crippen MR) is 115 cm³/mol. The van der Waals surface area contributed by atoms with Crippen LogP contribution in [0.1, 0.15) is 43.1 Å². The van der Waals surface area contributed by atoms with Crippen molar-refractivity contribution in [2.75, 3.05) is 19.6 Å². The molecular formula is C18H28IN3O2S. The molecule has 0 aromatic carbocycles. The summed E-state index contributed by atoms with van der Waals surface area (Å²) < 4.78 is 5.53. The molecule has 7 heteroatoms. The maximum Gasteiger partial charge on any atom is 0.191 e. The summed E-state index contributed by atoms with van der Waals surface area (Å²) in [7, 11) is 0. The van der Waals surface area contributed by atoms with Crippen molar-refractivity contribution in [3.63, 3.8) is 0 Å². The molecule has 2 rings (SSSR count). The monoisotopic (exact) mass is 477 g/mol. The van der Waals surface area contributed by atoms with E-state index in [1.54, 1.807) is 24.3 Å². The third kappa shape index (κ3) is 6.63. The van der Waals surface area contributed by atoms with Gasteiger partial charge in [0.05, 0.1) is 6.54 Å². The fraction of sp³-hybridized carbons (Fsp3) is 0.500. The van der Waals surface area contributed by atoms with Gasteiger partial charge in [-0.2, -0.15) is 0 Å². The average Bonchev–Trinajstić information content (AvgIpc) is 3.21. The van der Waals surface area contributed by atoms with Crippen molar-refractivity contribution in [1.29, 1.82) is 0 Å². The third-order valence-corrected chi connectivity index (χ3v) is 4.87. The quantitative estimate of drug-likeness (QED) is 0.322. The number of nitrogens with zero attached hydrogens (tertiary/aromatic N) is 1. The van der Waals surface area contributed by atoms with Gasteiger partial charge in [0.25, 0.3) is 0 Å². The lowest BCUT2D eigenvalue weighted by atomic mass is 10.0. The van der Waals surface area contributed by atoms with E-state index in [1.807, 2.05) is 19.9 Å². The van der Waals surface area contributed by atoms with Crippen molar-refractivity contribution in [3.8, 4) is 0 Å². The molecule has 3 N–H and O–H groups in total. The maximum absolute atomic E-state index is 10.6. The second-order valence-corrected chi connectivity index (χ2v) is 7.16. The second kappa shape index (κ2) is 10.2. The molecule has 0 saturated carbocycles. The number of aryl methyl sites for hydroxylation is 1. The van der Waals surface area contributed by atoms with Crippen molar-refractivity contribution in [3.05, 3.63) is 46.0 Å². The average molecular weight is 477 g/mol. The molecule has 2 heterocycles. The zero-order valence-electron chi connectivity index (χ0n) is 15.2. The van der Waals surface area contributed by atoms with Crippen LogP contribution in [0.25, 0.3) is 0 Å². The van der Waals surface area contributed by atoms with E-state index < -0.39 is 5.60 Å². The number of hydrogen-bond acceptors (Lipinski definition) is 4. The lowest BCUT2D eigenvalue weighted by Gasteiger charge is -2.20. The normalized spacial score (nSPS) is 15.2. The van der Waals surface area contributed by atoms with Gasteiger partial charge in [-0.3, -0.25) is 0 Å².